The molecule has 0 unspecified atom stereocenters. The van der Waals surface area contributed by atoms with Crippen molar-refractivity contribution in [2.75, 3.05) is 0 Å². The van der Waals surface area contributed by atoms with Crippen LogP contribution in [0.4, 0.5) is 0 Å². The molecule has 0 atom stereocenters. The summed E-state index contributed by atoms with van der Waals surface area (Å²) >= 11 is 0. The highest BCUT2D eigenvalue weighted by Gasteiger charge is 2.06. The molecule has 0 aliphatic heterocycles. The number of hydrogen-bond donors (Lipinski definition) is 1. The van der Waals surface area contributed by atoms with Gasteiger partial charge in [0.25, 0.3) is 0 Å². The normalized spacial score (nSPS) is 10.9. The monoisotopic (exact) mass is 457 g/mol. The second-order valence-electron chi connectivity index (χ2n) is 7.83. The molecule has 4 aromatic rings. The Morgan fingerprint density at radius 3 is 2.32 bits per heavy atom. The summed E-state index contributed by atoms with van der Waals surface area (Å²) in [5, 5.41) is 10.6. The average molecular weight is 458 g/mol. The largest absolute Gasteiger partial charge is 0.489 e. The summed E-state index contributed by atoms with van der Waals surface area (Å²) in [4.78, 5) is 11.7. The third kappa shape index (κ3) is 8.20. The van der Waals surface area contributed by atoms with Crippen LogP contribution in [-0.4, -0.2) is 21.4 Å². The minimum Gasteiger partial charge on any atom is -0.489 e. The molecule has 0 fully saturated rings. The number of nitrogens with zero attached hydrogens (tertiary/aromatic N) is 2. The fourth-order valence-electron chi connectivity index (χ4n) is 3.12. The molecule has 1 N–H and O–H groups in total. The highest BCUT2D eigenvalue weighted by molar-refractivity contribution is 5.89. The average Bonchev–Trinajstić information content (AvgIpc) is 3.35. The van der Waals surface area contributed by atoms with Crippen LogP contribution in [0.25, 0.3) is 11.0 Å². The molecule has 0 spiro atoms. The summed E-state index contributed by atoms with van der Waals surface area (Å²) in [6, 6.07) is 24.9. The molecule has 176 valence electrons. The molecule has 6 nitrogen and oxygen atoms in total. The highest BCUT2D eigenvalue weighted by atomic mass is 16.5. The first-order valence-corrected chi connectivity index (χ1v) is 11.6. The fraction of sp³-hybridized carbons (Fsp3) is 0.250. The molecular formula is C28H31N3O3. The van der Waals surface area contributed by atoms with Gasteiger partial charge >= 0.3 is 5.97 Å². The molecule has 1 heterocycles. The molecule has 0 saturated carbocycles. The highest BCUT2D eigenvalue weighted by Crippen LogP contribution is 2.18. The number of H-pyrrole nitrogens is 1. The number of allylic oxidation sites excluding steroid dienone is 1. The molecule has 34 heavy (non-hydrogen) atoms. The smallest absolute Gasteiger partial charge is 0.338 e. The lowest BCUT2D eigenvalue weighted by molar-refractivity contribution is -0.130. The fourth-order valence-corrected chi connectivity index (χ4v) is 3.12. The Bertz CT molecular complexity index is 1170. The standard InChI is InChI=1S/C15H20O2.C13H11N3O/c1-3-4-5-7-10-13(2)15(16)17-14-11-8-6-9-12-14;1-2-4-10(5-3-1)9-17-11-6-7-12-13(8-11)15-16-14-12/h6,8-12H,3-5,7H2,1-2H3;1-8H,9H2,(H,14,15,16). The molecular weight excluding hydrogens is 426 g/mol. The molecule has 1 aromatic heterocycles. The first kappa shape index (κ1) is 24.7. The number of esters is 1. The lowest BCUT2D eigenvalue weighted by Gasteiger charge is -2.05. The van der Waals surface area contributed by atoms with Crippen LogP contribution in [0.15, 0.2) is 90.5 Å². The van der Waals surface area contributed by atoms with Crippen LogP contribution in [0.5, 0.6) is 11.5 Å². The number of para-hydroxylation sites is 1. The minimum atomic E-state index is -0.257. The van der Waals surface area contributed by atoms with Gasteiger partial charge in [-0.25, -0.2) is 4.79 Å². The van der Waals surface area contributed by atoms with Crippen molar-refractivity contribution in [2.45, 2.75) is 46.1 Å². The van der Waals surface area contributed by atoms with Crippen molar-refractivity contribution in [1.29, 1.82) is 0 Å². The molecule has 0 radical (unpaired) electrons. The maximum atomic E-state index is 11.7. The zero-order chi connectivity index (χ0) is 24.0. The summed E-state index contributed by atoms with van der Waals surface area (Å²) in [7, 11) is 0. The third-order valence-electron chi connectivity index (χ3n) is 5.07. The Balaban J connectivity index is 0.000000191. The van der Waals surface area contributed by atoms with Crippen LogP contribution in [0.2, 0.25) is 0 Å². The van der Waals surface area contributed by atoms with Gasteiger partial charge in [0, 0.05) is 11.6 Å². The third-order valence-corrected chi connectivity index (χ3v) is 5.07. The number of fused-ring (bicyclic) bond motifs is 1. The van der Waals surface area contributed by atoms with Crippen LogP contribution in [0.1, 0.15) is 45.1 Å². The molecule has 0 bridgehead atoms. The molecule has 0 amide bonds. The Kier molecular flexibility index (Phi) is 9.87. The van der Waals surface area contributed by atoms with Gasteiger partial charge in [0.2, 0.25) is 0 Å². The second kappa shape index (κ2) is 13.6. The van der Waals surface area contributed by atoms with Crippen molar-refractivity contribution < 1.29 is 14.3 Å². The Labute approximate surface area is 200 Å². The van der Waals surface area contributed by atoms with Crippen LogP contribution < -0.4 is 9.47 Å². The van der Waals surface area contributed by atoms with Gasteiger partial charge in [-0.15, -0.1) is 0 Å². The van der Waals surface area contributed by atoms with Gasteiger partial charge in [0.1, 0.15) is 29.1 Å². The number of carbonyl (C=O) groups excluding carboxylic acids is 1. The number of benzene rings is 3. The van der Waals surface area contributed by atoms with Crippen LogP contribution >= 0.6 is 0 Å². The number of hydrogen-bond acceptors (Lipinski definition) is 5. The van der Waals surface area contributed by atoms with E-state index in [0.29, 0.717) is 17.9 Å². The van der Waals surface area contributed by atoms with E-state index in [1.165, 1.54) is 12.8 Å². The molecule has 6 heteroatoms. The van der Waals surface area contributed by atoms with Gasteiger partial charge in [0.15, 0.2) is 0 Å². The number of aromatic nitrogens is 3. The molecule has 3 aromatic carbocycles. The quantitative estimate of drug-likeness (QED) is 0.132. The number of aromatic amines is 1. The summed E-state index contributed by atoms with van der Waals surface area (Å²) in [5.74, 6) is 1.14. The SMILES string of the molecule is CCCCCC=C(C)C(=O)Oc1ccccc1.c1ccc(COc2ccc3n[nH]nc3c2)cc1. The van der Waals surface area contributed by atoms with E-state index < -0.39 is 0 Å². The molecule has 0 aliphatic carbocycles. The van der Waals surface area contributed by atoms with Crippen LogP contribution in [-0.2, 0) is 11.4 Å². The lowest BCUT2D eigenvalue weighted by atomic mass is 10.1. The van der Waals surface area contributed by atoms with Crippen LogP contribution in [0, 0.1) is 0 Å². The van der Waals surface area contributed by atoms with E-state index in [9.17, 15) is 4.79 Å². The van der Waals surface area contributed by atoms with Gasteiger partial charge in [-0.1, -0.05) is 74.4 Å². The zero-order valence-corrected chi connectivity index (χ0v) is 19.7. The number of ether oxygens (including phenoxy) is 2. The zero-order valence-electron chi connectivity index (χ0n) is 19.7. The Morgan fingerprint density at radius 1 is 0.882 bits per heavy atom. The molecule has 0 aliphatic rings. The first-order valence-electron chi connectivity index (χ1n) is 11.6. The van der Waals surface area contributed by atoms with E-state index in [0.717, 1.165) is 35.2 Å². The summed E-state index contributed by atoms with van der Waals surface area (Å²) in [6.07, 6.45) is 6.44. The minimum absolute atomic E-state index is 0.257. The Morgan fingerprint density at radius 2 is 1.59 bits per heavy atom. The maximum absolute atomic E-state index is 11.7. The summed E-state index contributed by atoms with van der Waals surface area (Å²) < 4.78 is 10.9. The summed E-state index contributed by atoms with van der Waals surface area (Å²) in [5.41, 5.74) is 3.49. The number of rotatable bonds is 9. The molecule has 0 saturated heterocycles. The van der Waals surface area contributed by atoms with Crippen molar-refractivity contribution in [3.05, 3.63) is 96.1 Å². The van der Waals surface area contributed by atoms with Crippen molar-refractivity contribution in [1.82, 2.24) is 15.4 Å². The second-order valence-corrected chi connectivity index (χ2v) is 7.83. The van der Waals surface area contributed by atoms with E-state index in [2.05, 4.69) is 22.3 Å². The van der Waals surface area contributed by atoms with Crippen LogP contribution in [0.3, 0.4) is 0 Å². The van der Waals surface area contributed by atoms with E-state index in [1.54, 1.807) is 19.1 Å². The van der Waals surface area contributed by atoms with Crippen molar-refractivity contribution in [3.8, 4) is 11.5 Å². The number of unbranched alkanes of at least 4 members (excludes halogenated alkanes) is 3. The van der Waals surface area contributed by atoms with E-state index in [-0.39, 0.29) is 5.97 Å². The van der Waals surface area contributed by atoms with E-state index in [1.807, 2.05) is 72.8 Å². The van der Waals surface area contributed by atoms with Crippen molar-refractivity contribution in [2.24, 2.45) is 0 Å². The Hall–Kier alpha value is -3.93. The van der Waals surface area contributed by atoms with Gasteiger partial charge in [-0.3, -0.25) is 0 Å². The van der Waals surface area contributed by atoms with Gasteiger partial charge in [-0.2, -0.15) is 15.4 Å². The summed E-state index contributed by atoms with van der Waals surface area (Å²) in [6.45, 7) is 4.53. The lowest BCUT2D eigenvalue weighted by Crippen LogP contribution is -2.09. The van der Waals surface area contributed by atoms with Gasteiger partial charge in [-0.05, 0) is 49.6 Å². The van der Waals surface area contributed by atoms with Crippen molar-refractivity contribution >= 4 is 17.0 Å². The number of nitrogens with one attached hydrogen (secondary N) is 1. The molecule has 4 rings (SSSR count). The predicted molar refractivity (Wildman–Crippen MR) is 135 cm³/mol. The first-order chi connectivity index (χ1) is 16.7. The van der Waals surface area contributed by atoms with Crippen molar-refractivity contribution in [3.63, 3.8) is 0 Å². The van der Waals surface area contributed by atoms with E-state index >= 15 is 0 Å². The van der Waals surface area contributed by atoms with E-state index in [4.69, 9.17) is 9.47 Å². The van der Waals surface area contributed by atoms with Gasteiger partial charge in [0.05, 0.1) is 0 Å². The maximum Gasteiger partial charge on any atom is 0.338 e. The van der Waals surface area contributed by atoms with Gasteiger partial charge < -0.3 is 9.47 Å². The number of carbonyl (C=O) groups is 1. The topological polar surface area (TPSA) is 77.1 Å². The predicted octanol–water partition coefficient (Wildman–Crippen LogP) is 6.66.